The quantitative estimate of drug-likeness (QED) is 0.745. The first-order chi connectivity index (χ1) is 8.69. The Balaban J connectivity index is 2.56. The van der Waals surface area contributed by atoms with Crippen molar-refractivity contribution in [2.75, 3.05) is 18.5 Å². The van der Waals surface area contributed by atoms with Crippen LogP contribution in [0.5, 0.6) is 0 Å². The van der Waals surface area contributed by atoms with E-state index in [0.29, 0.717) is 18.8 Å². The molecule has 3 N–H and O–H groups in total. The van der Waals surface area contributed by atoms with Crippen molar-refractivity contribution in [1.29, 1.82) is 0 Å². The second-order valence-electron chi connectivity index (χ2n) is 3.79. The number of anilines is 1. The summed E-state index contributed by atoms with van der Waals surface area (Å²) in [6.07, 6.45) is 5.29. The molecule has 1 atom stereocenters. The first-order valence-corrected chi connectivity index (χ1v) is 5.87. The van der Waals surface area contributed by atoms with Crippen molar-refractivity contribution >= 4 is 11.6 Å². The van der Waals surface area contributed by atoms with Crippen molar-refractivity contribution in [2.24, 2.45) is 5.73 Å². The Morgan fingerprint density at radius 3 is 3.00 bits per heavy atom. The maximum Gasteiger partial charge on any atom is 0.227 e. The number of hydrogen-bond donors (Lipinski definition) is 2. The number of nitrogens with two attached hydrogens (primary N) is 1. The molecule has 0 aliphatic heterocycles. The lowest BCUT2D eigenvalue weighted by atomic mass is 10.2. The van der Waals surface area contributed by atoms with E-state index < -0.39 is 0 Å². The van der Waals surface area contributed by atoms with Gasteiger partial charge in [-0.1, -0.05) is 12.0 Å². The van der Waals surface area contributed by atoms with Gasteiger partial charge >= 0.3 is 0 Å². The van der Waals surface area contributed by atoms with Crippen LogP contribution in [0.3, 0.4) is 0 Å². The molecule has 0 fully saturated rings. The molecule has 18 heavy (non-hydrogen) atoms. The van der Waals surface area contributed by atoms with Crippen LogP contribution < -0.4 is 11.1 Å². The number of ether oxygens (including phenoxy) is 1. The largest absolute Gasteiger partial charge is 0.377 e. The summed E-state index contributed by atoms with van der Waals surface area (Å²) in [5.41, 5.74) is 6.93. The summed E-state index contributed by atoms with van der Waals surface area (Å²) in [5, 5.41) is 2.77. The Kier molecular flexibility index (Phi) is 5.92. The van der Waals surface area contributed by atoms with Crippen LogP contribution in [0.25, 0.3) is 0 Å². The Morgan fingerprint density at radius 2 is 2.39 bits per heavy atom. The minimum atomic E-state index is -0.245. The van der Waals surface area contributed by atoms with Crippen molar-refractivity contribution in [3.8, 4) is 12.3 Å². The lowest BCUT2D eigenvalue weighted by Crippen LogP contribution is -2.29. The van der Waals surface area contributed by atoms with Gasteiger partial charge in [-0.2, -0.15) is 0 Å². The van der Waals surface area contributed by atoms with E-state index in [9.17, 15) is 4.79 Å². The van der Waals surface area contributed by atoms with Crippen molar-refractivity contribution in [3.05, 3.63) is 29.8 Å². The minimum absolute atomic E-state index is 0.131. The third-order valence-electron chi connectivity index (χ3n) is 2.39. The number of rotatable bonds is 6. The van der Waals surface area contributed by atoms with Gasteiger partial charge in [-0.05, 0) is 25.1 Å². The van der Waals surface area contributed by atoms with Crippen molar-refractivity contribution in [3.63, 3.8) is 0 Å². The highest BCUT2D eigenvalue weighted by molar-refractivity contribution is 5.91. The smallest absolute Gasteiger partial charge is 0.227 e. The van der Waals surface area contributed by atoms with Crippen LogP contribution in [0.15, 0.2) is 24.3 Å². The van der Waals surface area contributed by atoms with Gasteiger partial charge in [-0.15, -0.1) is 6.42 Å². The molecule has 0 bridgehead atoms. The van der Waals surface area contributed by atoms with Gasteiger partial charge in [0.25, 0.3) is 0 Å². The van der Waals surface area contributed by atoms with E-state index in [0.717, 1.165) is 5.56 Å². The first-order valence-electron chi connectivity index (χ1n) is 5.87. The third-order valence-corrected chi connectivity index (χ3v) is 2.39. The molecule has 1 unspecified atom stereocenters. The molecule has 0 radical (unpaired) electrons. The highest BCUT2D eigenvalue weighted by atomic mass is 16.5. The van der Waals surface area contributed by atoms with Gasteiger partial charge in [0, 0.05) is 24.4 Å². The summed E-state index contributed by atoms with van der Waals surface area (Å²) >= 11 is 0. The zero-order chi connectivity index (χ0) is 13.4. The first kappa shape index (κ1) is 14.2. The van der Waals surface area contributed by atoms with Gasteiger partial charge in [0.1, 0.15) is 0 Å². The van der Waals surface area contributed by atoms with Crippen LogP contribution >= 0.6 is 0 Å². The second-order valence-corrected chi connectivity index (χ2v) is 3.79. The van der Waals surface area contributed by atoms with Crippen LogP contribution in [-0.2, 0) is 9.53 Å². The summed E-state index contributed by atoms with van der Waals surface area (Å²) in [4.78, 5) is 11.8. The number of nitrogens with one attached hydrogen (secondary N) is 1. The molecule has 0 aliphatic rings. The van der Waals surface area contributed by atoms with Gasteiger partial charge in [0.05, 0.1) is 12.5 Å². The normalized spacial score (nSPS) is 11.6. The predicted octanol–water partition coefficient (Wildman–Crippen LogP) is 1.36. The lowest BCUT2D eigenvalue weighted by Gasteiger charge is -2.14. The number of terminal acetylenes is 1. The summed E-state index contributed by atoms with van der Waals surface area (Å²) in [7, 11) is 0. The molecular formula is C14H18N2O2. The van der Waals surface area contributed by atoms with Gasteiger partial charge in [0.2, 0.25) is 5.91 Å². The predicted molar refractivity (Wildman–Crippen MR) is 72.1 cm³/mol. The van der Waals surface area contributed by atoms with Gasteiger partial charge in [-0.3, -0.25) is 4.79 Å². The fourth-order valence-corrected chi connectivity index (χ4v) is 1.55. The monoisotopic (exact) mass is 246 g/mol. The number of hydrogen-bond acceptors (Lipinski definition) is 3. The van der Waals surface area contributed by atoms with Crippen LogP contribution in [0.2, 0.25) is 0 Å². The lowest BCUT2D eigenvalue weighted by molar-refractivity contribution is -0.118. The maximum absolute atomic E-state index is 11.8. The van der Waals surface area contributed by atoms with Crippen LogP contribution in [0.1, 0.15) is 18.9 Å². The molecular weight excluding hydrogens is 228 g/mol. The highest BCUT2D eigenvalue weighted by Crippen LogP contribution is 2.10. The summed E-state index contributed by atoms with van der Waals surface area (Å²) < 4.78 is 5.33. The number of amides is 1. The molecule has 0 spiro atoms. The summed E-state index contributed by atoms with van der Waals surface area (Å²) in [5.74, 6) is 2.39. The van der Waals surface area contributed by atoms with Crippen LogP contribution in [0, 0.1) is 12.3 Å². The maximum atomic E-state index is 11.8. The van der Waals surface area contributed by atoms with Gasteiger partial charge in [0.15, 0.2) is 0 Å². The van der Waals surface area contributed by atoms with E-state index in [1.165, 1.54) is 0 Å². The molecule has 1 amide bonds. The average molecular weight is 246 g/mol. The molecule has 1 rings (SSSR count). The van der Waals surface area contributed by atoms with Gasteiger partial charge < -0.3 is 15.8 Å². The van der Waals surface area contributed by atoms with Crippen molar-refractivity contribution in [2.45, 2.75) is 19.4 Å². The van der Waals surface area contributed by atoms with Crippen molar-refractivity contribution in [1.82, 2.24) is 0 Å². The zero-order valence-electron chi connectivity index (χ0n) is 10.5. The summed E-state index contributed by atoms with van der Waals surface area (Å²) in [6.45, 7) is 2.74. The number of benzene rings is 1. The standard InChI is InChI=1S/C14H18N2O2/c1-3-11-6-5-7-12(8-11)16-14(17)9-13(10-15)18-4-2/h1,5-8,13H,4,9-10,15H2,2H3,(H,16,17). The zero-order valence-corrected chi connectivity index (χ0v) is 10.5. The van der Waals surface area contributed by atoms with E-state index >= 15 is 0 Å². The molecule has 0 heterocycles. The Bertz CT molecular complexity index is 438. The molecule has 0 saturated heterocycles. The van der Waals surface area contributed by atoms with Gasteiger partial charge in [-0.25, -0.2) is 0 Å². The molecule has 0 aromatic heterocycles. The molecule has 1 aromatic carbocycles. The second kappa shape index (κ2) is 7.49. The fraction of sp³-hybridized carbons (Fsp3) is 0.357. The average Bonchev–Trinajstić information content (AvgIpc) is 2.38. The van der Waals surface area contributed by atoms with E-state index in [1.807, 2.05) is 6.92 Å². The topological polar surface area (TPSA) is 64.4 Å². The SMILES string of the molecule is C#Cc1cccc(NC(=O)CC(CN)OCC)c1. The number of carbonyl (C=O) groups excluding carboxylic acids is 1. The van der Waals surface area contributed by atoms with Crippen LogP contribution in [0.4, 0.5) is 5.69 Å². The third kappa shape index (κ3) is 4.58. The molecule has 1 aromatic rings. The van der Waals surface area contributed by atoms with Crippen molar-refractivity contribution < 1.29 is 9.53 Å². The molecule has 0 aliphatic carbocycles. The minimum Gasteiger partial charge on any atom is -0.377 e. The van der Waals surface area contributed by atoms with E-state index in [-0.39, 0.29) is 18.4 Å². The summed E-state index contributed by atoms with van der Waals surface area (Å²) in [6, 6.07) is 7.14. The van der Waals surface area contributed by atoms with E-state index in [1.54, 1.807) is 24.3 Å². The highest BCUT2D eigenvalue weighted by Gasteiger charge is 2.12. The fourth-order valence-electron chi connectivity index (χ4n) is 1.55. The Labute approximate surface area is 108 Å². The Morgan fingerprint density at radius 1 is 1.61 bits per heavy atom. The van der Waals surface area contributed by atoms with E-state index in [4.69, 9.17) is 16.9 Å². The molecule has 4 heteroatoms. The number of carbonyl (C=O) groups is 1. The van der Waals surface area contributed by atoms with Crippen LogP contribution in [-0.4, -0.2) is 25.2 Å². The molecule has 96 valence electrons. The molecule has 4 nitrogen and oxygen atoms in total. The van der Waals surface area contributed by atoms with E-state index in [2.05, 4.69) is 11.2 Å². The Hall–Kier alpha value is -1.83. The molecule has 0 saturated carbocycles.